The average molecular weight is 376 g/mol. The summed E-state index contributed by atoms with van der Waals surface area (Å²) in [5, 5.41) is 13.4. The van der Waals surface area contributed by atoms with E-state index in [9.17, 15) is 4.79 Å². The second-order valence-electron chi connectivity index (χ2n) is 7.35. The van der Waals surface area contributed by atoms with Crippen LogP contribution in [-0.2, 0) is 6.54 Å². The fourth-order valence-corrected chi connectivity index (χ4v) is 4.09. The highest BCUT2D eigenvalue weighted by Gasteiger charge is 2.55. The molecule has 3 N–H and O–H groups in total. The van der Waals surface area contributed by atoms with Crippen molar-refractivity contribution < 1.29 is 10.0 Å². The van der Waals surface area contributed by atoms with Gasteiger partial charge in [0.2, 0.25) is 5.95 Å². The summed E-state index contributed by atoms with van der Waals surface area (Å²) >= 11 is 0. The molecule has 1 saturated carbocycles. The predicted octanol–water partition coefficient (Wildman–Crippen LogP) is 1.37. The Balaban J connectivity index is 1.16. The SMILES string of the molecule is O=C(NO)c1cnc(N2C[C@@H]3C(NCc4ccc5ccccc5n4)[C@@H]3C2)nc1. The van der Waals surface area contributed by atoms with Crippen molar-refractivity contribution in [3.8, 4) is 0 Å². The largest absolute Gasteiger partial charge is 0.340 e. The maximum Gasteiger partial charge on any atom is 0.277 e. The number of amides is 1. The normalized spacial score (nSPS) is 22.9. The number of rotatable bonds is 5. The second-order valence-corrected chi connectivity index (χ2v) is 7.35. The maximum atomic E-state index is 11.3. The van der Waals surface area contributed by atoms with Gasteiger partial charge in [-0.1, -0.05) is 24.3 Å². The van der Waals surface area contributed by atoms with Crippen molar-refractivity contribution in [2.75, 3.05) is 18.0 Å². The maximum absolute atomic E-state index is 11.3. The van der Waals surface area contributed by atoms with Gasteiger partial charge in [0.05, 0.1) is 16.8 Å². The summed E-state index contributed by atoms with van der Waals surface area (Å²) in [7, 11) is 0. The molecule has 1 aromatic carbocycles. The molecule has 3 atom stereocenters. The van der Waals surface area contributed by atoms with E-state index in [1.807, 2.05) is 18.2 Å². The van der Waals surface area contributed by atoms with Crippen LogP contribution < -0.4 is 15.7 Å². The van der Waals surface area contributed by atoms with Gasteiger partial charge in [0.1, 0.15) is 0 Å². The van der Waals surface area contributed by atoms with Crippen LogP contribution in [0.3, 0.4) is 0 Å². The Morgan fingerprint density at radius 1 is 1.11 bits per heavy atom. The summed E-state index contributed by atoms with van der Waals surface area (Å²) in [6.07, 6.45) is 2.86. The molecule has 0 bridgehead atoms. The van der Waals surface area contributed by atoms with Gasteiger partial charge < -0.3 is 10.2 Å². The third kappa shape index (κ3) is 3.06. The zero-order valence-corrected chi connectivity index (χ0v) is 15.1. The Kier molecular flexibility index (Phi) is 4.14. The van der Waals surface area contributed by atoms with Gasteiger partial charge in [-0.3, -0.25) is 15.0 Å². The van der Waals surface area contributed by atoms with Crippen molar-refractivity contribution in [1.82, 2.24) is 25.7 Å². The van der Waals surface area contributed by atoms with Crippen molar-refractivity contribution in [3.05, 3.63) is 60.0 Å². The minimum absolute atomic E-state index is 0.234. The number of hydrogen-bond acceptors (Lipinski definition) is 7. The number of nitrogens with zero attached hydrogens (tertiary/aromatic N) is 4. The molecule has 28 heavy (non-hydrogen) atoms. The van der Waals surface area contributed by atoms with Crippen molar-refractivity contribution in [2.24, 2.45) is 11.8 Å². The quantitative estimate of drug-likeness (QED) is 0.456. The molecule has 1 amide bonds. The smallest absolute Gasteiger partial charge is 0.277 e. The number of anilines is 1. The molecular formula is C20H20N6O2. The molecule has 1 aliphatic heterocycles. The Hall–Kier alpha value is -3.10. The van der Waals surface area contributed by atoms with Gasteiger partial charge in [0.15, 0.2) is 0 Å². The van der Waals surface area contributed by atoms with Gasteiger partial charge in [-0.05, 0) is 24.0 Å². The number of pyridine rings is 1. The lowest BCUT2D eigenvalue weighted by molar-refractivity contribution is 0.0705. The average Bonchev–Trinajstić information content (AvgIpc) is 3.20. The van der Waals surface area contributed by atoms with Crippen molar-refractivity contribution in [2.45, 2.75) is 12.6 Å². The summed E-state index contributed by atoms with van der Waals surface area (Å²) in [6, 6.07) is 12.9. The van der Waals surface area contributed by atoms with Crippen LogP contribution in [0.1, 0.15) is 16.1 Å². The highest BCUT2D eigenvalue weighted by atomic mass is 16.5. The van der Waals surface area contributed by atoms with Crippen LogP contribution in [0, 0.1) is 11.8 Å². The molecule has 142 valence electrons. The number of nitrogens with one attached hydrogen (secondary N) is 2. The fourth-order valence-electron chi connectivity index (χ4n) is 4.09. The highest BCUT2D eigenvalue weighted by Crippen LogP contribution is 2.46. The number of hydrogen-bond donors (Lipinski definition) is 3. The standard InChI is InChI=1S/C20H20N6O2/c27-19(25-28)13-7-22-20(23-8-13)26-10-15-16(11-26)18(15)21-9-14-6-5-12-3-1-2-4-17(12)24-14/h1-8,15-16,18,21,28H,9-11H2,(H,25,27)/t15-,16+,18?. The number of hydroxylamine groups is 1. The molecule has 2 fully saturated rings. The first-order valence-electron chi connectivity index (χ1n) is 9.32. The zero-order chi connectivity index (χ0) is 19.1. The summed E-state index contributed by atoms with van der Waals surface area (Å²) in [6.45, 7) is 2.57. The monoisotopic (exact) mass is 376 g/mol. The molecule has 3 heterocycles. The van der Waals surface area contributed by atoms with Crippen molar-refractivity contribution in [1.29, 1.82) is 0 Å². The van der Waals surface area contributed by atoms with E-state index in [4.69, 9.17) is 10.2 Å². The van der Waals surface area contributed by atoms with Gasteiger partial charge in [-0.25, -0.2) is 15.4 Å². The van der Waals surface area contributed by atoms with E-state index >= 15 is 0 Å². The lowest BCUT2D eigenvalue weighted by atomic mass is 10.2. The van der Waals surface area contributed by atoms with Crippen LogP contribution in [-0.4, -0.2) is 45.2 Å². The molecule has 5 rings (SSSR count). The van der Waals surface area contributed by atoms with E-state index in [1.54, 1.807) is 5.48 Å². The van der Waals surface area contributed by atoms with E-state index < -0.39 is 5.91 Å². The number of piperidine rings is 1. The Morgan fingerprint density at radius 2 is 1.86 bits per heavy atom. The van der Waals surface area contributed by atoms with Crippen LogP contribution in [0.2, 0.25) is 0 Å². The topological polar surface area (TPSA) is 103 Å². The number of fused-ring (bicyclic) bond motifs is 2. The third-order valence-electron chi connectivity index (χ3n) is 5.65. The fraction of sp³-hybridized carbons (Fsp3) is 0.300. The molecule has 1 saturated heterocycles. The van der Waals surface area contributed by atoms with E-state index in [2.05, 4.69) is 38.4 Å². The van der Waals surface area contributed by atoms with Gasteiger partial charge in [0.25, 0.3) is 5.91 Å². The summed E-state index contributed by atoms with van der Waals surface area (Å²) in [5.74, 6) is 1.19. The van der Waals surface area contributed by atoms with Crippen LogP contribution >= 0.6 is 0 Å². The van der Waals surface area contributed by atoms with Crippen LogP contribution in [0.5, 0.6) is 0 Å². The first-order chi connectivity index (χ1) is 13.7. The lowest BCUT2D eigenvalue weighted by Gasteiger charge is -2.20. The Labute approximate surface area is 161 Å². The number of aromatic nitrogens is 3. The molecule has 8 heteroatoms. The second kappa shape index (κ2) is 6.81. The molecule has 3 aromatic rings. The predicted molar refractivity (Wildman–Crippen MR) is 103 cm³/mol. The van der Waals surface area contributed by atoms with Crippen LogP contribution in [0.25, 0.3) is 10.9 Å². The van der Waals surface area contributed by atoms with Gasteiger partial charge >= 0.3 is 0 Å². The van der Waals surface area contributed by atoms with E-state index in [0.717, 1.165) is 36.2 Å². The van der Waals surface area contributed by atoms with Gasteiger partial charge in [-0.2, -0.15) is 0 Å². The third-order valence-corrected chi connectivity index (χ3v) is 5.65. The first-order valence-corrected chi connectivity index (χ1v) is 9.32. The molecule has 2 aromatic heterocycles. The molecule has 1 aliphatic carbocycles. The zero-order valence-electron chi connectivity index (χ0n) is 15.1. The summed E-state index contributed by atoms with van der Waals surface area (Å²) in [5.41, 5.74) is 3.90. The minimum Gasteiger partial charge on any atom is -0.340 e. The van der Waals surface area contributed by atoms with Gasteiger partial charge in [-0.15, -0.1) is 0 Å². The summed E-state index contributed by atoms with van der Waals surface area (Å²) < 4.78 is 0. The van der Waals surface area contributed by atoms with Gasteiger partial charge in [0, 0.05) is 43.5 Å². The lowest BCUT2D eigenvalue weighted by Crippen LogP contribution is -2.32. The van der Waals surface area contributed by atoms with E-state index in [0.29, 0.717) is 23.8 Å². The molecule has 1 unspecified atom stereocenters. The highest BCUT2D eigenvalue weighted by molar-refractivity contribution is 5.92. The van der Waals surface area contributed by atoms with Crippen LogP contribution in [0.15, 0.2) is 48.8 Å². The Bertz CT molecular complexity index is 1010. The van der Waals surface area contributed by atoms with Crippen molar-refractivity contribution in [3.63, 3.8) is 0 Å². The number of benzene rings is 1. The molecule has 0 radical (unpaired) electrons. The molecule has 0 spiro atoms. The minimum atomic E-state index is -0.609. The van der Waals surface area contributed by atoms with E-state index in [-0.39, 0.29) is 5.56 Å². The van der Waals surface area contributed by atoms with Crippen molar-refractivity contribution >= 4 is 22.8 Å². The number of carbonyl (C=O) groups excluding carboxylic acids is 1. The first kappa shape index (κ1) is 17.0. The van der Waals surface area contributed by atoms with E-state index in [1.165, 1.54) is 12.4 Å². The van der Waals surface area contributed by atoms with Crippen LogP contribution in [0.4, 0.5) is 5.95 Å². The molecule has 8 nitrogen and oxygen atoms in total. The Morgan fingerprint density at radius 3 is 2.61 bits per heavy atom. The molecular weight excluding hydrogens is 356 g/mol. The number of para-hydroxylation sites is 1. The molecule has 2 aliphatic rings. The summed E-state index contributed by atoms with van der Waals surface area (Å²) in [4.78, 5) is 26.7. The number of carbonyl (C=O) groups is 1.